The van der Waals surface area contributed by atoms with E-state index in [0.717, 1.165) is 18.2 Å². The standard InChI is InChI=1S/C8H7F2NO3/c9-8(10)14-6-2-1-4(7(12)13)3-5(6)11/h1-3,8H,11H2,(H,12,13). The van der Waals surface area contributed by atoms with Crippen LogP contribution in [0.3, 0.4) is 0 Å². The molecule has 0 aliphatic heterocycles. The lowest BCUT2D eigenvalue weighted by Crippen LogP contribution is -2.05. The number of carbonyl (C=O) groups is 1. The van der Waals surface area contributed by atoms with Gasteiger partial charge in [-0.3, -0.25) is 0 Å². The Morgan fingerprint density at radius 1 is 1.50 bits per heavy atom. The topological polar surface area (TPSA) is 72.6 Å². The van der Waals surface area contributed by atoms with E-state index in [1.807, 2.05) is 0 Å². The number of carboxylic acid groups (broad SMARTS) is 1. The molecule has 0 heterocycles. The maximum atomic E-state index is 11.8. The number of nitrogen functional groups attached to an aromatic ring is 1. The lowest BCUT2D eigenvalue weighted by Gasteiger charge is -2.07. The number of hydrogen-bond donors (Lipinski definition) is 2. The Morgan fingerprint density at radius 3 is 2.57 bits per heavy atom. The van der Waals surface area contributed by atoms with E-state index in [4.69, 9.17) is 10.8 Å². The van der Waals surface area contributed by atoms with E-state index in [-0.39, 0.29) is 17.0 Å². The number of rotatable bonds is 3. The number of carboxylic acids is 1. The van der Waals surface area contributed by atoms with Crippen molar-refractivity contribution in [2.45, 2.75) is 6.61 Å². The number of anilines is 1. The zero-order valence-corrected chi connectivity index (χ0v) is 6.91. The molecule has 6 heteroatoms. The molecule has 0 bridgehead atoms. The van der Waals surface area contributed by atoms with Gasteiger partial charge in [0.05, 0.1) is 11.3 Å². The molecule has 0 fully saturated rings. The molecule has 76 valence electrons. The van der Waals surface area contributed by atoms with Crippen LogP contribution in [0.25, 0.3) is 0 Å². The van der Waals surface area contributed by atoms with Crippen LogP contribution in [0.15, 0.2) is 18.2 Å². The molecule has 0 saturated heterocycles. The van der Waals surface area contributed by atoms with Crippen LogP contribution in [-0.4, -0.2) is 17.7 Å². The summed E-state index contributed by atoms with van der Waals surface area (Å²) >= 11 is 0. The van der Waals surface area contributed by atoms with E-state index in [0.29, 0.717) is 0 Å². The molecule has 3 N–H and O–H groups in total. The van der Waals surface area contributed by atoms with Gasteiger partial charge in [-0.15, -0.1) is 0 Å². The molecule has 0 aliphatic carbocycles. The van der Waals surface area contributed by atoms with Crippen LogP contribution in [0.4, 0.5) is 14.5 Å². The third kappa shape index (κ3) is 2.32. The fourth-order valence-electron chi connectivity index (χ4n) is 0.885. The van der Waals surface area contributed by atoms with Crippen molar-refractivity contribution in [2.75, 3.05) is 5.73 Å². The molecule has 0 unspecified atom stereocenters. The Kier molecular flexibility index (Phi) is 2.85. The summed E-state index contributed by atoms with van der Waals surface area (Å²) in [6.45, 7) is -2.98. The van der Waals surface area contributed by atoms with Crippen LogP contribution >= 0.6 is 0 Å². The average molecular weight is 203 g/mol. The third-order valence-electron chi connectivity index (χ3n) is 1.47. The van der Waals surface area contributed by atoms with Crippen molar-refractivity contribution in [3.8, 4) is 5.75 Å². The van der Waals surface area contributed by atoms with Crippen molar-refractivity contribution in [3.05, 3.63) is 23.8 Å². The molecule has 1 aromatic carbocycles. The molecule has 1 rings (SSSR count). The minimum absolute atomic E-state index is 0.0795. The van der Waals surface area contributed by atoms with Gasteiger partial charge in [-0.1, -0.05) is 0 Å². The highest BCUT2D eigenvalue weighted by atomic mass is 19.3. The second kappa shape index (κ2) is 3.91. The Labute approximate surface area is 77.9 Å². The second-order valence-corrected chi connectivity index (χ2v) is 2.44. The van der Waals surface area contributed by atoms with Crippen molar-refractivity contribution in [1.29, 1.82) is 0 Å². The summed E-state index contributed by atoms with van der Waals surface area (Å²) in [6, 6.07) is 3.28. The van der Waals surface area contributed by atoms with E-state index in [1.165, 1.54) is 0 Å². The minimum Gasteiger partial charge on any atom is -0.478 e. The molecule has 0 atom stereocenters. The summed E-state index contributed by atoms with van der Waals surface area (Å²) in [4.78, 5) is 10.4. The Morgan fingerprint density at radius 2 is 2.14 bits per heavy atom. The molecule has 0 aliphatic rings. The quantitative estimate of drug-likeness (QED) is 0.731. The van der Waals surface area contributed by atoms with Gasteiger partial charge in [0.1, 0.15) is 5.75 Å². The number of aromatic carboxylic acids is 1. The first-order valence-corrected chi connectivity index (χ1v) is 3.58. The van der Waals surface area contributed by atoms with Crippen molar-refractivity contribution >= 4 is 11.7 Å². The van der Waals surface area contributed by atoms with Crippen molar-refractivity contribution in [3.63, 3.8) is 0 Å². The van der Waals surface area contributed by atoms with E-state index in [2.05, 4.69) is 4.74 Å². The largest absolute Gasteiger partial charge is 0.478 e. The van der Waals surface area contributed by atoms with Gasteiger partial charge in [-0.2, -0.15) is 8.78 Å². The highest BCUT2D eigenvalue weighted by Gasteiger charge is 2.10. The van der Waals surface area contributed by atoms with Gasteiger partial charge < -0.3 is 15.6 Å². The molecule has 0 spiro atoms. The predicted molar refractivity (Wildman–Crippen MR) is 44.4 cm³/mol. The lowest BCUT2D eigenvalue weighted by atomic mass is 10.2. The fraction of sp³-hybridized carbons (Fsp3) is 0.125. The maximum Gasteiger partial charge on any atom is 0.387 e. The van der Waals surface area contributed by atoms with Gasteiger partial charge >= 0.3 is 12.6 Å². The van der Waals surface area contributed by atoms with Crippen LogP contribution in [0.2, 0.25) is 0 Å². The molecule has 0 aromatic heterocycles. The molecule has 14 heavy (non-hydrogen) atoms. The SMILES string of the molecule is Nc1cc(C(=O)O)ccc1OC(F)F. The highest BCUT2D eigenvalue weighted by Crippen LogP contribution is 2.24. The lowest BCUT2D eigenvalue weighted by molar-refractivity contribution is -0.0493. The number of hydrogen-bond acceptors (Lipinski definition) is 3. The van der Waals surface area contributed by atoms with Crippen molar-refractivity contribution < 1.29 is 23.4 Å². The van der Waals surface area contributed by atoms with Crippen LogP contribution in [0, 0.1) is 0 Å². The average Bonchev–Trinajstić information content (AvgIpc) is 2.07. The summed E-state index contributed by atoms with van der Waals surface area (Å²) in [5.74, 6) is -1.41. The number of benzene rings is 1. The van der Waals surface area contributed by atoms with E-state index in [1.54, 1.807) is 0 Å². The van der Waals surface area contributed by atoms with Gasteiger partial charge in [0, 0.05) is 0 Å². The molecular formula is C8H7F2NO3. The van der Waals surface area contributed by atoms with Gasteiger partial charge in [-0.25, -0.2) is 4.79 Å². The summed E-state index contributed by atoms with van der Waals surface area (Å²) in [5, 5.41) is 8.54. The molecule has 0 amide bonds. The Balaban J connectivity index is 2.95. The predicted octanol–water partition coefficient (Wildman–Crippen LogP) is 1.57. The summed E-state index contributed by atoms with van der Waals surface area (Å²) in [6.07, 6.45) is 0. The zero-order valence-electron chi connectivity index (χ0n) is 6.91. The van der Waals surface area contributed by atoms with E-state index >= 15 is 0 Å². The number of ether oxygens (including phenoxy) is 1. The molecule has 0 radical (unpaired) electrons. The van der Waals surface area contributed by atoms with Crippen LogP contribution in [-0.2, 0) is 0 Å². The van der Waals surface area contributed by atoms with Crippen LogP contribution in [0.5, 0.6) is 5.75 Å². The maximum absolute atomic E-state index is 11.8. The highest BCUT2D eigenvalue weighted by molar-refractivity contribution is 5.89. The van der Waals surface area contributed by atoms with Gasteiger partial charge in [0.15, 0.2) is 0 Å². The summed E-state index contributed by atoms with van der Waals surface area (Å²) in [7, 11) is 0. The van der Waals surface area contributed by atoms with Crippen LogP contribution < -0.4 is 10.5 Å². The Bertz CT molecular complexity index is 354. The number of halogens is 2. The van der Waals surface area contributed by atoms with Gasteiger partial charge in [-0.05, 0) is 18.2 Å². The molecule has 0 saturated carbocycles. The molecule has 1 aromatic rings. The third-order valence-corrected chi connectivity index (χ3v) is 1.47. The number of alkyl halides is 2. The molecular weight excluding hydrogens is 196 g/mol. The smallest absolute Gasteiger partial charge is 0.387 e. The monoisotopic (exact) mass is 203 g/mol. The normalized spacial score (nSPS) is 10.2. The summed E-state index contributed by atoms with van der Waals surface area (Å²) in [5.41, 5.74) is 5.07. The first-order chi connectivity index (χ1) is 6.50. The minimum atomic E-state index is -2.98. The van der Waals surface area contributed by atoms with Gasteiger partial charge in [0.25, 0.3) is 0 Å². The van der Waals surface area contributed by atoms with Crippen molar-refractivity contribution in [2.24, 2.45) is 0 Å². The van der Waals surface area contributed by atoms with Gasteiger partial charge in [0.2, 0.25) is 0 Å². The molecule has 4 nitrogen and oxygen atoms in total. The second-order valence-electron chi connectivity index (χ2n) is 2.44. The zero-order chi connectivity index (χ0) is 10.7. The summed E-state index contributed by atoms with van der Waals surface area (Å²) < 4.78 is 27.6. The van der Waals surface area contributed by atoms with E-state index in [9.17, 15) is 13.6 Å². The van der Waals surface area contributed by atoms with Crippen LogP contribution in [0.1, 0.15) is 10.4 Å². The first-order valence-electron chi connectivity index (χ1n) is 3.58. The Hall–Kier alpha value is -1.85. The first kappa shape index (κ1) is 10.2. The van der Waals surface area contributed by atoms with E-state index < -0.39 is 12.6 Å². The fourth-order valence-corrected chi connectivity index (χ4v) is 0.885. The van der Waals surface area contributed by atoms with Crippen molar-refractivity contribution in [1.82, 2.24) is 0 Å². The number of nitrogens with two attached hydrogens (primary N) is 1.